The van der Waals surface area contributed by atoms with Crippen molar-refractivity contribution in [1.29, 1.82) is 0 Å². The second kappa shape index (κ2) is 5.07. The Labute approximate surface area is 98.2 Å². The van der Waals surface area contributed by atoms with Crippen LogP contribution in [0.2, 0.25) is 0 Å². The standard InChI is InChI=1S/C12H11N3O2/c1-2-11-15-10(8-17-11)12(16)14-7-9-5-3-4-6-13-9/h2-6,8H,1,7H2,(H,14,16). The zero-order valence-electron chi connectivity index (χ0n) is 9.09. The third-order valence-corrected chi connectivity index (χ3v) is 2.09. The summed E-state index contributed by atoms with van der Waals surface area (Å²) < 4.78 is 4.98. The summed E-state index contributed by atoms with van der Waals surface area (Å²) in [5.41, 5.74) is 1.02. The molecule has 5 nitrogen and oxygen atoms in total. The molecule has 17 heavy (non-hydrogen) atoms. The summed E-state index contributed by atoms with van der Waals surface area (Å²) >= 11 is 0. The number of pyridine rings is 1. The maximum atomic E-state index is 11.7. The monoisotopic (exact) mass is 229 g/mol. The Bertz CT molecular complexity index is 520. The van der Waals surface area contributed by atoms with E-state index in [4.69, 9.17) is 4.42 Å². The van der Waals surface area contributed by atoms with Gasteiger partial charge in [-0.1, -0.05) is 12.6 Å². The van der Waals surface area contributed by atoms with E-state index in [1.807, 2.05) is 18.2 Å². The highest BCUT2D eigenvalue weighted by atomic mass is 16.3. The first-order chi connectivity index (χ1) is 8.29. The van der Waals surface area contributed by atoms with Gasteiger partial charge in [0.1, 0.15) is 6.26 Å². The van der Waals surface area contributed by atoms with Crippen LogP contribution in [0.4, 0.5) is 0 Å². The normalized spacial score (nSPS) is 9.88. The van der Waals surface area contributed by atoms with Crippen molar-refractivity contribution in [3.63, 3.8) is 0 Å². The van der Waals surface area contributed by atoms with E-state index in [0.717, 1.165) is 5.69 Å². The lowest BCUT2D eigenvalue weighted by Crippen LogP contribution is -2.23. The fourth-order valence-corrected chi connectivity index (χ4v) is 1.25. The van der Waals surface area contributed by atoms with Crippen molar-refractivity contribution in [3.8, 4) is 0 Å². The minimum Gasteiger partial charge on any atom is -0.444 e. The zero-order chi connectivity index (χ0) is 12.1. The first-order valence-electron chi connectivity index (χ1n) is 5.05. The molecule has 1 amide bonds. The van der Waals surface area contributed by atoms with Gasteiger partial charge in [-0.25, -0.2) is 4.98 Å². The number of hydrogen-bond donors (Lipinski definition) is 1. The maximum absolute atomic E-state index is 11.7. The van der Waals surface area contributed by atoms with Gasteiger partial charge in [0.2, 0.25) is 5.89 Å². The van der Waals surface area contributed by atoms with E-state index in [0.29, 0.717) is 12.4 Å². The maximum Gasteiger partial charge on any atom is 0.273 e. The Morgan fingerprint density at radius 1 is 1.53 bits per heavy atom. The Kier molecular flexibility index (Phi) is 3.30. The van der Waals surface area contributed by atoms with Crippen molar-refractivity contribution in [2.24, 2.45) is 0 Å². The average Bonchev–Trinajstić information content (AvgIpc) is 2.86. The molecule has 2 aromatic heterocycles. The second-order valence-corrected chi connectivity index (χ2v) is 3.28. The van der Waals surface area contributed by atoms with Crippen LogP contribution in [0.3, 0.4) is 0 Å². The van der Waals surface area contributed by atoms with Gasteiger partial charge < -0.3 is 9.73 Å². The topological polar surface area (TPSA) is 68.0 Å². The number of aromatic nitrogens is 2. The van der Waals surface area contributed by atoms with Gasteiger partial charge in [-0.2, -0.15) is 0 Å². The number of nitrogens with zero attached hydrogens (tertiary/aromatic N) is 2. The lowest BCUT2D eigenvalue weighted by molar-refractivity contribution is 0.0945. The molecule has 0 saturated heterocycles. The molecular formula is C12H11N3O2. The predicted molar refractivity (Wildman–Crippen MR) is 62.0 cm³/mol. The highest BCUT2D eigenvalue weighted by Crippen LogP contribution is 2.03. The van der Waals surface area contributed by atoms with E-state index in [1.54, 1.807) is 6.20 Å². The molecular weight excluding hydrogens is 218 g/mol. The lowest BCUT2D eigenvalue weighted by atomic mass is 10.3. The molecule has 0 unspecified atom stereocenters. The minimum atomic E-state index is -0.299. The van der Waals surface area contributed by atoms with Crippen LogP contribution in [0.15, 0.2) is 41.7 Å². The van der Waals surface area contributed by atoms with Crippen molar-refractivity contribution in [2.75, 3.05) is 0 Å². The Balaban J connectivity index is 1.96. The molecule has 2 aromatic rings. The highest BCUT2D eigenvalue weighted by molar-refractivity contribution is 5.91. The smallest absolute Gasteiger partial charge is 0.273 e. The van der Waals surface area contributed by atoms with Crippen molar-refractivity contribution in [1.82, 2.24) is 15.3 Å². The zero-order valence-corrected chi connectivity index (χ0v) is 9.09. The van der Waals surface area contributed by atoms with Crippen LogP contribution < -0.4 is 5.32 Å². The van der Waals surface area contributed by atoms with Crippen LogP contribution in [-0.4, -0.2) is 15.9 Å². The molecule has 0 aliphatic rings. The Hall–Kier alpha value is -2.43. The van der Waals surface area contributed by atoms with Crippen LogP contribution in [-0.2, 0) is 6.54 Å². The molecule has 0 radical (unpaired) electrons. The molecule has 0 aliphatic carbocycles. The first-order valence-corrected chi connectivity index (χ1v) is 5.05. The van der Waals surface area contributed by atoms with E-state index >= 15 is 0 Å². The first kappa shape index (κ1) is 11.1. The molecule has 0 spiro atoms. The quantitative estimate of drug-likeness (QED) is 0.865. The number of nitrogens with one attached hydrogen (secondary N) is 1. The summed E-state index contributed by atoms with van der Waals surface area (Å²) in [6, 6.07) is 5.51. The SMILES string of the molecule is C=Cc1nc(C(=O)NCc2ccccn2)co1. The van der Waals surface area contributed by atoms with Crippen molar-refractivity contribution < 1.29 is 9.21 Å². The molecule has 0 fully saturated rings. The van der Waals surface area contributed by atoms with Crippen molar-refractivity contribution in [2.45, 2.75) is 6.54 Å². The van der Waals surface area contributed by atoms with E-state index in [9.17, 15) is 4.79 Å². The van der Waals surface area contributed by atoms with Gasteiger partial charge in [-0.3, -0.25) is 9.78 Å². The third kappa shape index (κ3) is 2.78. The number of carbonyl (C=O) groups is 1. The van der Waals surface area contributed by atoms with Crippen molar-refractivity contribution in [3.05, 3.63) is 54.5 Å². The predicted octanol–water partition coefficient (Wildman–Crippen LogP) is 1.64. The van der Waals surface area contributed by atoms with Crippen LogP contribution in [0.1, 0.15) is 22.1 Å². The number of rotatable bonds is 4. The van der Waals surface area contributed by atoms with Crippen LogP contribution in [0, 0.1) is 0 Å². The highest BCUT2D eigenvalue weighted by Gasteiger charge is 2.10. The van der Waals surface area contributed by atoms with Gasteiger partial charge in [-0.15, -0.1) is 0 Å². The van der Waals surface area contributed by atoms with Gasteiger partial charge >= 0.3 is 0 Å². The van der Waals surface area contributed by atoms with Crippen LogP contribution in [0.5, 0.6) is 0 Å². The van der Waals surface area contributed by atoms with Crippen LogP contribution in [0.25, 0.3) is 6.08 Å². The van der Waals surface area contributed by atoms with E-state index in [2.05, 4.69) is 21.9 Å². The van der Waals surface area contributed by atoms with Gasteiger partial charge in [0.15, 0.2) is 5.69 Å². The molecule has 0 aliphatic heterocycles. The number of hydrogen-bond acceptors (Lipinski definition) is 4. The van der Waals surface area contributed by atoms with E-state index in [-0.39, 0.29) is 11.6 Å². The minimum absolute atomic E-state index is 0.232. The summed E-state index contributed by atoms with van der Waals surface area (Å²) in [5.74, 6) is 0.0282. The fourth-order valence-electron chi connectivity index (χ4n) is 1.25. The largest absolute Gasteiger partial charge is 0.444 e. The lowest BCUT2D eigenvalue weighted by Gasteiger charge is -2.01. The number of amides is 1. The molecule has 0 atom stereocenters. The summed E-state index contributed by atoms with van der Waals surface area (Å²) in [6.07, 6.45) is 4.41. The van der Waals surface area contributed by atoms with Gasteiger partial charge in [0.25, 0.3) is 5.91 Å². The summed E-state index contributed by atoms with van der Waals surface area (Å²) in [6.45, 7) is 3.86. The molecule has 0 bridgehead atoms. The molecule has 0 aromatic carbocycles. The van der Waals surface area contributed by atoms with Gasteiger partial charge in [0, 0.05) is 6.20 Å². The molecule has 2 heterocycles. The molecule has 5 heteroatoms. The van der Waals surface area contributed by atoms with E-state index in [1.165, 1.54) is 12.3 Å². The van der Waals surface area contributed by atoms with E-state index < -0.39 is 0 Å². The van der Waals surface area contributed by atoms with Gasteiger partial charge in [-0.05, 0) is 18.2 Å². The Morgan fingerprint density at radius 2 is 2.41 bits per heavy atom. The van der Waals surface area contributed by atoms with Gasteiger partial charge in [0.05, 0.1) is 12.2 Å². The third-order valence-electron chi connectivity index (χ3n) is 2.09. The summed E-state index contributed by atoms with van der Waals surface area (Å²) in [7, 11) is 0. The van der Waals surface area contributed by atoms with Crippen LogP contribution >= 0.6 is 0 Å². The Morgan fingerprint density at radius 3 is 3.06 bits per heavy atom. The number of carbonyl (C=O) groups excluding carboxylic acids is 1. The number of oxazole rings is 1. The fraction of sp³-hybridized carbons (Fsp3) is 0.0833. The molecule has 86 valence electrons. The second-order valence-electron chi connectivity index (χ2n) is 3.28. The molecule has 0 saturated carbocycles. The average molecular weight is 229 g/mol. The molecule has 1 N–H and O–H groups in total. The summed E-state index contributed by atoms with van der Waals surface area (Å²) in [5, 5.41) is 2.69. The molecule has 2 rings (SSSR count). The summed E-state index contributed by atoms with van der Waals surface area (Å²) in [4.78, 5) is 19.7. The van der Waals surface area contributed by atoms with Crippen molar-refractivity contribution >= 4 is 12.0 Å².